The third-order valence-electron chi connectivity index (χ3n) is 3.48. The third-order valence-corrected chi connectivity index (χ3v) is 4.25. The van der Waals surface area contributed by atoms with E-state index in [1.54, 1.807) is 11.3 Å². The van der Waals surface area contributed by atoms with E-state index in [1.165, 1.54) is 25.7 Å². The third kappa shape index (κ3) is 1.99. The average Bonchev–Trinajstić information content (AvgIpc) is 2.71. The van der Waals surface area contributed by atoms with Crippen LogP contribution in [-0.4, -0.2) is 15.4 Å². The quantitative estimate of drug-likeness (QED) is 0.884. The molecule has 1 atom stereocenters. The van der Waals surface area contributed by atoms with E-state index in [0.29, 0.717) is 0 Å². The minimum Gasteiger partial charge on any atom is -0.327 e. The van der Waals surface area contributed by atoms with Gasteiger partial charge in [-0.05, 0) is 12.3 Å². The molecule has 0 saturated heterocycles. The molecule has 0 spiro atoms. The second kappa shape index (κ2) is 4.18. The minimum atomic E-state index is 0.287. The fourth-order valence-corrected chi connectivity index (χ4v) is 3.10. The molecule has 0 radical (unpaired) electrons. The predicted octanol–water partition coefficient (Wildman–Crippen LogP) is 2.46. The Kier molecular flexibility index (Phi) is 2.69. The van der Waals surface area contributed by atoms with Crippen LogP contribution in [0.2, 0.25) is 0 Å². The Labute approximate surface area is 99.3 Å². The van der Waals surface area contributed by atoms with Crippen molar-refractivity contribution in [2.75, 3.05) is 0 Å². The first-order chi connectivity index (χ1) is 7.81. The standard InChI is InChI=1S/C12H17N3S/c13-10(6-9-2-1-3-9)7-11-8-15-4-5-16-12(15)14-11/h4-5,8-10H,1-3,6-7,13H2. The van der Waals surface area contributed by atoms with Gasteiger partial charge in [0, 0.05) is 30.2 Å². The van der Waals surface area contributed by atoms with Crippen molar-refractivity contribution < 1.29 is 0 Å². The van der Waals surface area contributed by atoms with E-state index in [-0.39, 0.29) is 6.04 Å². The van der Waals surface area contributed by atoms with Gasteiger partial charge in [-0.25, -0.2) is 4.98 Å². The molecule has 86 valence electrons. The Morgan fingerprint density at radius 2 is 2.44 bits per heavy atom. The van der Waals surface area contributed by atoms with Crippen LogP contribution in [0.5, 0.6) is 0 Å². The molecule has 0 bridgehead atoms. The highest BCUT2D eigenvalue weighted by atomic mass is 32.1. The van der Waals surface area contributed by atoms with Crippen molar-refractivity contribution in [1.82, 2.24) is 9.38 Å². The lowest BCUT2D eigenvalue weighted by molar-refractivity contribution is 0.275. The molecule has 0 amide bonds. The van der Waals surface area contributed by atoms with Crippen LogP contribution in [0.1, 0.15) is 31.4 Å². The zero-order valence-corrected chi connectivity index (χ0v) is 10.1. The summed E-state index contributed by atoms with van der Waals surface area (Å²) in [6, 6.07) is 0.287. The maximum Gasteiger partial charge on any atom is 0.193 e. The summed E-state index contributed by atoms with van der Waals surface area (Å²) in [6.07, 6.45) is 10.4. The first-order valence-corrected chi connectivity index (χ1v) is 6.86. The second-order valence-corrected chi connectivity index (χ2v) is 5.69. The maximum atomic E-state index is 6.16. The largest absolute Gasteiger partial charge is 0.327 e. The molecule has 1 fully saturated rings. The molecule has 1 aliphatic rings. The molecule has 0 aromatic carbocycles. The van der Waals surface area contributed by atoms with Crippen molar-refractivity contribution >= 4 is 16.3 Å². The van der Waals surface area contributed by atoms with Gasteiger partial charge in [0.25, 0.3) is 0 Å². The fourth-order valence-electron chi connectivity index (χ4n) is 2.38. The first kappa shape index (κ1) is 10.3. The summed E-state index contributed by atoms with van der Waals surface area (Å²) in [5, 5.41) is 2.06. The van der Waals surface area contributed by atoms with Crippen LogP contribution in [0.4, 0.5) is 0 Å². The number of imidazole rings is 1. The molecule has 16 heavy (non-hydrogen) atoms. The summed E-state index contributed by atoms with van der Waals surface area (Å²) in [7, 11) is 0. The number of thiazole rings is 1. The number of aromatic nitrogens is 2. The van der Waals surface area contributed by atoms with Crippen molar-refractivity contribution in [2.24, 2.45) is 11.7 Å². The summed E-state index contributed by atoms with van der Waals surface area (Å²) in [6.45, 7) is 0. The maximum absolute atomic E-state index is 6.16. The number of fused-ring (bicyclic) bond motifs is 1. The summed E-state index contributed by atoms with van der Waals surface area (Å²) < 4.78 is 2.08. The molecule has 3 nitrogen and oxygen atoms in total. The molecule has 2 aromatic rings. The van der Waals surface area contributed by atoms with Crippen LogP contribution in [-0.2, 0) is 6.42 Å². The average molecular weight is 235 g/mol. The Bertz CT molecular complexity index is 441. The minimum absolute atomic E-state index is 0.287. The molecular weight excluding hydrogens is 218 g/mol. The van der Waals surface area contributed by atoms with Crippen molar-refractivity contribution in [3.8, 4) is 0 Å². The van der Waals surface area contributed by atoms with E-state index in [4.69, 9.17) is 5.73 Å². The van der Waals surface area contributed by atoms with Gasteiger partial charge in [-0.1, -0.05) is 19.3 Å². The van der Waals surface area contributed by atoms with E-state index >= 15 is 0 Å². The number of rotatable bonds is 4. The smallest absolute Gasteiger partial charge is 0.193 e. The summed E-state index contributed by atoms with van der Waals surface area (Å²) in [5.41, 5.74) is 7.30. The Morgan fingerprint density at radius 1 is 1.56 bits per heavy atom. The van der Waals surface area contributed by atoms with Crippen molar-refractivity contribution in [2.45, 2.75) is 38.1 Å². The van der Waals surface area contributed by atoms with Gasteiger partial charge in [-0.15, -0.1) is 11.3 Å². The Morgan fingerprint density at radius 3 is 3.12 bits per heavy atom. The van der Waals surface area contributed by atoms with Crippen LogP contribution in [0.3, 0.4) is 0 Å². The molecule has 0 aliphatic heterocycles. The second-order valence-electron chi connectivity index (χ2n) is 4.82. The highest BCUT2D eigenvalue weighted by Gasteiger charge is 2.20. The molecule has 1 saturated carbocycles. The van der Waals surface area contributed by atoms with E-state index in [2.05, 4.69) is 21.0 Å². The van der Waals surface area contributed by atoms with Crippen LogP contribution in [0, 0.1) is 5.92 Å². The normalized spacial score (nSPS) is 18.8. The van der Waals surface area contributed by atoms with Gasteiger partial charge in [0.15, 0.2) is 4.96 Å². The topological polar surface area (TPSA) is 43.3 Å². The number of hydrogen-bond donors (Lipinski definition) is 1. The van der Waals surface area contributed by atoms with E-state index in [9.17, 15) is 0 Å². The zero-order valence-electron chi connectivity index (χ0n) is 9.30. The number of nitrogens with two attached hydrogens (primary N) is 1. The Balaban J connectivity index is 1.62. The van der Waals surface area contributed by atoms with Gasteiger partial charge in [0.2, 0.25) is 0 Å². The molecule has 2 heterocycles. The highest BCUT2D eigenvalue weighted by molar-refractivity contribution is 7.15. The molecular formula is C12H17N3S. The van der Waals surface area contributed by atoms with E-state index in [0.717, 1.165) is 23.0 Å². The lowest BCUT2D eigenvalue weighted by atomic mass is 9.80. The first-order valence-electron chi connectivity index (χ1n) is 5.98. The van der Waals surface area contributed by atoms with E-state index < -0.39 is 0 Å². The van der Waals surface area contributed by atoms with Gasteiger partial charge < -0.3 is 5.73 Å². The van der Waals surface area contributed by atoms with Crippen molar-refractivity contribution in [1.29, 1.82) is 0 Å². The SMILES string of the molecule is NC(Cc1cn2ccsc2n1)CC1CCC1. The van der Waals surface area contributed by atoms with Crippen LogP contribution in [0.15, 0.2) is 17.8 Å². The van der Waals surface area contributed by atoms with Crippen LogP contribution < -0.4 is 5.73 Å². The molecule has 2 N–H and O–H groups in total. The lowest BCUT2D eigenvalue weighted by Gasteiger charge is -2.27. The summed E-state index contributed by atoms with van der Waals surface area (Å²) in [5.74, 6) is 0.888. The fraction of sp³-hybridized carbons (Fsp3) is 0.583. The predicted molar refractivity (Wildman–Crippen MR) is 66.7 cm³/mol. The molecule has 1 unspecified atom stereocenters. The van der Waals surface area contributed by atoms with Crippen LogP contribution >= 0.6 is 11.3 Å². The van der Waals surface area contributed by atoms with Gasteiger partial charge >= 0.3 is 0 Å². The molecule has 3 rings (SSSR count). The zero-order chi connectivity index (χ0) is 11.0. The van der Waals surface area contributed by atoms with Gasteiger partial charge in [0.1, 0.15) is 0 Å². The number of hydrogen-bond acceptors (Lipinski definition) is 3. The van der Waals surface area contributed by atoms with Gasteiger partial charge in [-0.2, -0.15) is 0 Å². The number of nitrogens with zero attached hydrogens (tertiary/aromatic N) is 2. The summed E-state index contributed by atoms with van der Waals surface area (Å²) >= 11 is 1.68. The lowest BCUT2D eigenvalue weighted by Crippen LogP contribution is -2.28. The van der Waals surface area contributed by atoms with Crippen LogP contribution in [0.25, 0.3) is 4.96 Å². The highest BCUT2D eigenvalue weighted by Crippen LogP contribution is 2.30. The van der Waals surface area contributed by atoms with E-state index in [1.807, 2.05) is 6.20 Å². The van der Waals surface area contributed by atoms with Crippen molar-refractivity contribution in [3.05, 3.63) is 23.5 Å². The van der Waals surface area contributed by atoms with Gasteiger partial charge in [0.05, 0.1) is 5.69 Å². The summed E-state index contributed by atoms with van der Waals surface area (Å²) in [4.78, 5) is 5.64. The van der Waals surface area contributed by atoms with Gasteiger partial charge in [-0.3, -0.25) is 4.40 Å². The van der Waals surface area contributed by atoms with Crippen molar-refractivity contribution in [3.63, 3.8) is 0 Å². The molecule has 1 aliphatic carbocycles. The molecule has 2 aromatic heterocycles. The Hall–Kier alpha value is -0.870. The monoisotopic (exact) mass is 235 g/mol. The molecule has 4 heteroatoms.